The number of methoxy groups -OCH3 is 2. The highest BCUT2D eigenvalue weighted by Crippen LogP contribution is 2.31. The number of phenols is 2. The van der Waals surface area contributed by atoms with Gasteiger partial charge >= 0.3 is 5.97 Å². The highest BCUT2D eigenvalue weighted by Gasteiger charge is 2.50. The molecule has 0 radical (unpaired) electrons. The Morgan fingerprint density at radius 1 is 0.826 bits per heavy atom. The number of rotatable bonds is 12. The molecule has 15 nitrogen and oxygen atoms in total. The number of aromatic hydroxyl groups is 2. The molecule has 2 aromatic rings. The number of hydrogen-bond donors (Lipinski definition) is 7. The van der Waals surface area contributed by atoms with Crippen molar-refractivity contribution in [2.24, 2.45) is 0 Å². The quantitative estimate of drug-likeness (QED) is 0.114. The minimum absolute atomic E-state index is 0.0217. The van der Waals surface area contributed by atoms with Crippen molar-refractivity contribution in [3.05, 3.63) is 53.6 Å². The van der Waals surface area contributed by atoms with Crippen LogP contribution in [-0.4, -0.2) is 131 Å². The predicted molar refractivity (Wildman–Crippen MR) is 157 cm³/mol. The number of hydrogen-bond acceptors (Lipinski definition) is 15. The molecule has 0 unspecified atom stereocenters. The van der Waals surface area contributed by atoms with Crippen molar-refractivity contribution in [3.8, 4) is 23.0 Å². The van der Waals surface area contributed by atoms with Crippen LogP contribution in [0, 0.1) is 0 Å². The molecule has 2 aromatic carbocycles. The number of ether oxygens (including phenoxy) is 7. The lowest BCUT2D eigenvalue weighted by atomic mass is 9.97. The number of carbonyl (C=O) groups excluding carboxylic acids is 1. The lowest BCUT2D eigenvalue weighted by molar-refractivity contribution is -0.357. The van der Waals surface area contributed by atoms with E-state index in [9.17, 15) is 40.5 Å². The van der Waals surface area contributed by atoms with Gasteiger partial charge in [0.1, 0.15) is 49.3 Å². The van der Waals surface area contributed by atoms with E-state index in [1.54, 1.807) is 18.2 Å². The molecule has 2 aliphatic rings. The predicted octanol–water partition coefficient (Wildman–Crippen LogP) is -0.410. The summed E-state index contributed by atoms with van der Waals surface area (Å²) in [6, 6.07) is 9.23. The van der Waals surface area contributed by atoms with Crippen LogP contribution in [0.15, 0.2) is 42.5 Å². The normalized spacial score (nSPS) is 31.5. The van der Waals surface area contributed by atoms with Gasteiger partial charge in [-0.1, -0.05) is 12.1 Å². The third-order valence-corrected chi connectivity index (χ3v) is 7.66. The molecular weight excluding hydrogens is 612 g/mol. The maximum atomic E-state index is 12.5. The SMILES string of the molecule is COc1ccc(CCO[C@@H]2O[C@H](COC(=O)/C=C\c3ccc(O)c(OC)c3)[C@@H](O)[C@H](O[C@@H]3O[C@@H](C)[C@H](O)[C@@H](O)[C@H]3O)[C@H]2O)cc1O. The van der Waals surface area contributed by atoms with Crippen LogP contribution in [0.25, 0.3) is 6.08 Å². The Bertz CT molecular complexity index is 1340. The second-order valence-corrected chi connectivity index (χ2v) is 10.8. The third-order valence-electron chi connectivity index (χ3n) is 7.66. The summed E-state index contributed by atoms with van der Waals surface area (Å²) < 4.78 is 38.1. The molecule has 0 aliphatic carbocycles. The molecule has 254 valence electrons. The van der Waals surface area contributed by atoms with Gasteiger partial charge in [0.05, 0.1) is 26.9 Å². The van der Waals surface area contributed by atoms with E-state index in [2.05, 4.69) is 0 Å². The fourth-order valence-corrected chi connectivity index (χ4v) is 4.98. The summed E-state index contributed by atoms with van der Waals surface area (Å²) in [7, 11) is 2.80. The number of aliphatic hydroxyl groups is 5. The van der Waals surface area contributed by atoms with Gasteiger partial charge in [0.25, 0.3) is 0 Å². The molecule has 15 heteroatoms. The Kier molecular flexibility index (Phi) is 12.2. The monoisotopic (exact) mass is 652 g/mol. The Balaban J connectivity index is 1.44. The van der Waals surface area contributed by atoms with Crippen molar-refractivity contribution in [1.82, 2.24) is 0 Å². The zero-order valence-corrected chi connectivity index (χ0v) is 25.4. The van der Waals surface area contributed by atoms with Crippen molar-refractivity contribution in [2.75, 3.05) is 27.4 Å². The van der Waals surface area contributed by atoms with Crippen molar-refractivity contribution < 1.29 is 73.7 Å². The summed E-state index contributed by atoms with van der Waals surface area (Å²) in [5, 5.41) is 72.7. The molecule has 0 saturated carbocycles. The molecule has 2 aliphatic heterocycles. The summed E-state index contributed by atoms with van der Waals surface area (Å²) in [6.45, 7) is 0.917. The van der Waals surface area contributed by atoms with E-state index in [1.807, 2.05) is 0 Å². The van der Waals surface area contributed by atoms with Crippen LogP contribution in [-0.2, 0) is 34.9 Å². The van der Waals surface area contributed by atoms with Gasteiger partial charge in [-0.3, -0.25) is 0 Å². The molecule has 2 fully saturated rings. The molecule has 2 saturated heterocycles. The first-order chi connectivity index (χ1) is 21.9. The van der Waals surface area contributed by atoms with Crippen LogP contribution >= 0.6 is 0 Å². The second-order valence-electron chi connectivity index (χ2n) is 10.8. The largest absolute Gasteiger partial charge is 0.504 e. The average Bonchev–Trinajstić information content (AvgIpc) is 3.04. The van der Waals surface area contributed by atoms with E-state index in [0.29, 0.717) is 16.9 Å². The Hall–Kier alpha value is -3.51. The average molecular weight is 653 g/mol. The van der Waals surface area contributed by atoms with E-state index in [1.165, 1.54) is 45.4 Å². The van der Waals surface area contributed by atoms with Gasteiger partial charge in [-0.2, -0.15) is 0 Å². The standard InChI is InChI=1S/C31H40O15/c1-15-24(35)26(37)27(38)31(44-15)46-29-25(36)22(14-43-23(34)9-6-16-4-7-18(32)21(13-16)41-3)45-30(28(29)39)42-11-10-17-5-8-20(40-2)19(33)12-17/h4-9,12-13,15,22,24-33,35-39H,10-11,14H2,1-3H3/b9-6-/t15-,22+,24-,25+,26+,27+,28+,29-,30+,31-/m0/s1. The van der Waals surface area contributed by atoms with E-state index in [0.717, 1.165) is 6.08 Å². The van der Waals surface area contributed by atoms with Crippen LogP contribution < -0.4 is 9.47 Å². The number of phenolic OH excluding ortho intramolecular Hbond substituents is 2. The van der Waals surface area contributed by atoms with Crippen LogP contribution in [0.4, 0.5) is 0 Å². The topological polar surface area (TPSA) is 223 Å². The molecule has 4 rings (SSSR count). The molecule has 0 amide bonds. The van der Waals surface area contributed by atoms with Crippen molar-refractivity contribution in [1.29, 1.82) is 0 Å². The van der Waals surface area contributed by atoms with Gasteiger partial charge in [-0.05, 0) is 54.8 Å². The fraction of sp³-hybridized carbons (Fsp3) is 0.516. The molecule has 2 heterocycles. The lowest BCUT2D eigenvalue weighted by Crippen LogP contribution is -2.64. The van der Waals surface area contributed by atoms with Gasteiger partial charge in [-0.25, -0.2) is 4.79 Å². The summed E-state index contributed by atoms with van der Waals surface area (Å²) >= 11 is 0. The van der Waals surface area contributed by atoms with E-state index >= 15 is 0 Å². The summed E-state index contributed by atoms with van der Waals surface area (Å²) in [6.07, 6.45) is -12.0. The Morgan fingerprint density at radius 3 is 2.26 bits per heavy atom. The highest BCUT2D eigenvalue weighted by molar-refractivity contribution is 5.87. The molecule has 10 atom stereocenters. The van der Waals surface area contributed by atoms with Gasteiger partial charge in [0.15, 0.2) is 35.6 Å². The number of benzene rings is 2. The van der Waals surface area contributed by atoms with Crippen LogP contribution in [0.3, 0.4) is 0 Å². The Morgan fingerprint density at radius 2 is 1.57 bits per heavy atom. The van der Waals surface area contributed by atoms with Crippen LogP contribution in [0.2, 0.25) is 0 Å². The lowest BCUT2D eigenvalue weighted by Gasteiger charge is -2.45. The summed E-state index contributed by atoms with van der Waals surface area (Å²) in [5.41, 5.74) is 1.21. The first-order valence-corrected chi connectivity index (χ1v) is 14.5. The summed E-state index contributed by atoms with van der Waals surface area (Å²) in [4.78, 5) is 12.5. The number of esters is 1. The second kappa shape index (κ2) is 15.9. The molecule has 0 aromatic heterocycles. The van der Waals surface area contributed by atoms with E-state index in [4.69, 9.17) is 33.2 Å². The van der Waals surface area contributed by atoms with Gasteiger partial charge in [0.2, 0.25) is 0 Å². The zero-order valence-electron chi connectivity index (χ0n) is 25.4. The minimum Gasteiger partial charge on any atom is -0.504 e. The highest BCUT2D eigenvalue weighted by atomic mass is 16.7. The maximum absolute atomic E-state index is 12.5. The summed E-state index contributed by atoms with van der Waals surface area (Å²) in [5.74, 6) is -0.454. The first-order valence-electron chi connectivity index (χ1n) is 14.5. The Labute approximate surface area is 264 Å². The van der Waals surface area contributed by atoms with Crippen molar-refractivity contribution >= 4 is 12.0 Å². The number of carbonyl (C=O) groups is 1. The molecular formula is C31H40O15. The number of aliphatic hydroxyl groups excluding tert-OH is 5. The zero-order chi connectivity index (χ0) is 33.5. The third kappa shape index (κ3) is 8.44. The molecule has 46 heavy (non-hydrogen) atoms. The first kappa shape index (κ1) is 35.3. The van der Waals surface area contributed by atoms with Crippen LogP contribution in [0.5, 0.6) is 23.0 Å². The van der Waals surface area contributed by atoms with Crippen LogP contribution in [0.1, 0.15) is 18.1 Å². The van der Waals surface area contributed by atoms with Gasteiger partial charge in [0, 0.05) is 6.08 Å². The molecule has 7 N–H and O–H groups in total. The maximum Gasteiger partial charge on any atom is 0.330 e. The van der Waals surface area contributed by atoms with E-state index < -0.39 is 74.0 Å². The fourth-order valence-electron chi connectivity index (χ4n) is 4.98. The smallest absolute Gasteiger partial charge is 0.330 e. The van der Waals surface area contributed by atoms with E-state index in [-0.39, 0.29) is 30.3 Å². The van der Waals surface area contributed by atoms with Gasteiger partial charge in [-0.15, -0.1) is 0 Å². The molecule has 0 bridgehead atoms. The molecule has 0 spiro atoms. The van der Waals surface area contributed by atoms with Gasteiger partial charge < -0.3 is 68.9 Å². The minimum atomic E-state index is -1.73. The van der Waals surface area contributed by atoms with Crippen molar-refractivity contribution in [2.45, 2.75) is 74.8 Å². The van der Waals surface area contributed by atoms with Crippen molar-refractivity contribution in [3.63, 3.8) is 0 Å².